The van der Waals surface area contributed by atoms with Crippen molar-refractivity contribution in [3.8, 4) is 11.1 Å². The van der Waals surface area contributed by atoms with E-state index in [1.54, 1.807) is 7.11 Å². The fourth-order valence-corrected chi connectivity index (χ4v) is 6.64. The van der Waals surface area contributed by atoms with Crippen LogP contribution in [0.3, 0.4) is 0 Å². The van der Waals surface area contributed by atoms with Crippen LogP contribution in [0.2, 0.25) is 0 Å². The van der Waals surface area contributed by atoms with Crippen molar-refractivity contribution in [3.63, 3.8) is 0 Å². The molecule has 0 bridgehead atoms. The summed E-state index contributed by atoms with van der Waals surface area (Å²) in [6, 6.07) is 11.0. The Balaban J connectivity index is 1.36. The molecule has 2 heterocycles. The quantitative estimate of drug-likeness (QED) is 0.261. The Morgan fingerprint density at radius 1 is 1.10 bits per heavy atom. The molecule has 0 spiro atoms. The monoisotopic (exact) mass is 544 g/mol. The van der Waals surface area contributed by atoms with Gasteiger partial charge in [-0.05, 0) is 108 Å². The number of carbonyl (C=O) groups excluding carboxylic acids is 1. The summed E-state index contributed by atoms with van der Waals surface area (Å²) in [5, 5.41) is 0. The lowest BCUT2D eigenvalue weighted by Crippen LogP contribution is -2.47. The molecule has 0 amide bonds. The van der Waals surface area contributed by atoms with Crippen LogP contribution in [-0.2, 0) is 9.53 Å². The molecular formula is C37H40N2O2. The van der Waals surface area contributed by atoms with Gasteiger partial charge in [0, 0.05) is 44.3 Å². The average Bonchev–Trinajstić information content (AvgIpc) is 3.39. The van der Waals surface area contributed by atoms with Gasteiger partial charge in [0.2, 0.25) is 0 Å². The normalized spacial score (nSPS) is 23.6. The van der Waals surface area contributed by atoms with E-state index in [0.29, 0.717) is 18.3 Å². The highest BCUT2D eigenvalue weighted by Gasteiger charge is 2.31. The molecule has 0 unspecified atom stereocenters. The molecular weight excluding hydrogens is 504 g/mol. The number of methoxy groups -OCH3 is 1. The Morgan fingerprint density at radius 2 is 1.93 bits per heavy atom. The first kappa shape index (κ1) is 27.4. The Labute approximate surface area is 244 Å². The van der Waals surface area contributed by atoms with E-state index in [1.165, 1.54) is 22.3 Å². The first-order chi connectivity index (χ1) is 20.0. The van der Waals surface area contributed by atoms with Crippen molar-refractivity contribution in [3.05, 3.63) is 100 Å². The molecule has 210 valence electrons. The van der Waals surface area contributed by atoms with Gasteiger partial charge in [-0.25, -0.2) is 4.98 Å². The summed E-state index contributed by atoms with van der Waals surface area (Å²) in [5.41, 5.74) is 13.6. The molecule has 1 aromatic heterocycles. The van der Waals surface area contributed by atoms with Gasteiger partial charge in [0.25, 0.3) is 0 Å². The number of fused-ring (bicyclic) bond motifs is 2. The van der Waals surface area contributed by atoms with Crippen LogP contribution in [0.15, 0.2) is 89.4 Å². The SMILES string of the molecule is C=C(CC)C1CN(c2ccc(-c3ccc4c(c3)C3=C(C=C=C4)/C=C(/CC)C(=O)CC([C@H]4CC[C@H](OC)C4)=C3)cn2)C1. The number of nitrogens with zero attached hydrogens (tertiary/aromatic N) is 2. The van der Waals surface area contributed by atoms with Crippen molar-refractivity contribution >= 4 is 23.3 Å². The van der Waals surface area contributed by atoms with Gasteiger partial charge in [-0.2, -0.15) is 0 Å². The topological polar surface area (TPSA) is 42.4 Å². The number of benzene rings is 1. The summed E-state index contributed by atoms with van der Waals surface area (Å²) in [5.74, 6) is 2.22. The molecule has 4 aliphatic rings. The number of ether oxygens (including phenoxy) is 1. The summed E-state index contributed by atoms with van der Waals surface area (Å²) >= 11 is 0. The van der Waals surface area contributed by atoms with Crippen LogP contribution in [0, 0.1) is 11.8 Å². The van der Waals surface area contributed by atoms with Gasteiger partial charge in [0.1, 0.15) is 5.82 Å². The number of hydrogen-bond donors (Lipinski definition) is 0. The van der Waals surface area contributed by atoms with Gasteiger partial charge in [-0.1, -0.05) is 49.8 Å². The van der Waals surface area contributed by atoms with Crippen LogP contribution in [-0.4, -0.2) is 37.1 Å². The van der Waals surface area contributed by atoms with Gasteiger partial charge in [-0.3, -0.25) is 4.79 Å². The van der Waals surface area contributed by atoms with Gasteiger partial charge < -0.3 is 9.64 Å². The maximum Gasteiger partial charge on any atom is 0.162 e. The molecule has 0 N–H and O–H groups in total. The van der Waals surface area contributed by atoms with Gasteiger partial charge in [-0.15, -0.1) is 5.73 Å². The minimum absolute atomic E-state index is 0.237. The Bertz CT molecular complexity index is 1530. The van der Waals surface area contributed by atoms with Gasteiger partial charge in [0.15, 0.2) is 5.78 Å². The third-order valence-corrected chi connectivity index (χ3v) is 9.46. The first-order valence-corrected chi connectivity index (χ1v) is 15.1. The maximum atomic E-state index is 13.3. The molecule has 41 heavy (non-hydrogen) atoms. The highest BCUT2D eigenvalue weighted by Crippen LogP contribution is 2.41. The average molecular weight is 545 g/mol. The number of ketones is 1. The van der Waals surface area contributed by atoms with E-state index in [9.17, 15) is 4.79 Å². The van der Waals surface area contributed by atoms with Crippen LogP contribution in [0.1, 0.15) is 63.5 Å². The number of allylic oxidation sites excluding steroid dienone is 7. The minimum Gasteiger partial charge on any atom is -0.381 e. The smallest absolute Gasteiger partial charge is 0.162 e. The summed E-state index contributed by atoms with van der Waals surface area (Å²) in [6.45, 7) is 10.5. The molecule has 4 heteroatoms. The molecule has 2 aromatic rings. The van der Waals surface area contributed by atoms with Crippen molar-refractivity contribution in [2.75, 3.05) is 25.1 Å². The molecule has 3 aliphatic carbocycles. The Hall–Kier alpha value is -3.72. The lowest BCUT2D eigenvalue weighted by molar-refractivity contribution is -0.115. The lowest BCUT2D eigenvalue weighted by Gasteiger charge is -2.41. The molecule has 2 atom stereocenters. The van der Waals surface area contributed by atoms with E-state index in [1.807, 2.05) is 12.3 Å². The van der Waals surface area contributed by atoms with E-state index in [4.69, 9.17) is 9.72 Å². The van der Waals surface area contributed by atoms with Crippen molar-refractivity contribution in [2.45, 2.75) is 58.5 Å². The van der Waals surface area contributed by atoms with Crippen LogP contribution in [0.25, 0.3) is 22.8 Å². The van der Waals surface area contributed by atoms with Gasteiger partial charge in [0.05, 0.1) is 6.10 Å². The summed E-state index contributed by atoms with van der Waals surface area (Å²) in [6.07, 6.45) is 16.1. The standard InChI is InChI=1S/C37H40N2O2/c1-5-24(3)32-22-39(23-32)37-15-13-30(21-38-37)28-11-10-26-8-7-9-29-16-25(6-2)36(40)20-31(19-35(29)34(26)18-28)27-12-14-33(17-27)41-4/h8-11,13,15-16,18-19,21,27,32-33H,3,5-6,12,14,17,20,22-23H2,1-2,4H3/b25-16-,31-19?/t27-,33-/m0/s1. The predicted octanol–water partition coefficient (Wildman–Crippen LogP) is 8.14. The minimum atomic E-state index is 0.237. The fraction of sp³-hybridized carbons (Fsp3) is 0.378. The third kappa shape index (κ3) is 5.47. The van der Waals surface area contributed by atoms with Crippen LogP contribution >= 0.6 is 0 Å². The van der Waals surface area contributed by atoms with Crippen molar-refractivity contribution in [1.82, 2.24) is 4.98 Å². The van der Waals surface area contributed by atoms with Crippen molar-refractivity contribution < 1.29 is 9.53 Å². The largest absolute Gasteiger partial charge is 0.381 e. The Kier molecular flexibility index (Phi) is 7.79. The van der Waals surface area contributed by atoms with Crippen molar-refractivity contribution in [2.24, 2.45) is 11.8 Å². The highest BCUT2D eigenvalue weighted by atomic mass is 16.5. The zero-order valence-corrected chi connectivity index (χ0v) is 24.6. The van der Waals surface area contributed by atoms with Gasteiger partial charge >= 0.3 is 0 Å². The van der Waals surface area contributed by atoms with Crippen molar-refractivity contribution in [1.29, 1.82) is 0 Å². The molecule has 6 rings (SSSR count). The van der Waals surface area contributed by atoms with E-state index < -0.39 is 0 Å². The fourth-order valence-electron chi connectivity index (χ4n) is 6.64. The lowest BCUT2D eigenvalue weighted by atomic mass is 9.83. The second kappa shape index (κ2) is 11.6. The molecule has 0 radical (unpaired) electrons. The number of Topliss-reactive ketones (excluding diaryl/α,β-unsaturated/α-hetero) is 1. The number of hydrogen-bond acceptors (Lipinski definition) is 4. The third-order valence-electron chi connectivity index (χ3n) is 9.46. The molecule has 1 saturated carbocycles. The summed E-state index contributed by atoms with van der Waals surface area (Å²) < 4.78 is 5.69. The second-order valence-electron chi connectivity index (χ2n) is 11.9. The Morgan fingerprint density at radius 3 is 2.63 bits per heavy atom. The molecule has 2 fully saturated rings. The van der Waals surface area contributed by atoms with E-state index >= 15 is 0 Å². The van der Waals surface area contributed by atoms with Crippen LogP contribution in [0.4, 0.5) is 5.82 Å². The summed E-state index contributed by atoms with van der Waals surface area (Å²) in [7, 11) is 1.80. The van der Waals surface area contributed by atoms with E-state index in [2.05, 4.69) is 79.6 Å². The summed E-state index contributed by atoms with van der Waals surface area (Å²) in [4.78, 5) is 20.5. The number of anilines is 1. The van der Waals surface area contributed by atoms with Crippen LogP contribution in [0.5, 0.6) is 0 Å². The van der Waals surface area contributed by atoms with Crippen LogP contribution < -0.4 is 4.90 Å². The first-order valence-electron chi connectivity index (χ1n) is 15.1. The second-order valence-corrected chi connectivity index (χ2v) is 11.9. The zero-order valence-electron chi connectivity index (χ0n) is 24.6. The van der Waals surface area contributed by atoms with E-state index in [-0.39, 0.29) is 11.9 Å². The number of rotatable bonds is 7. The number of carbonyl (C=O) groups is 1. The number of aromatic nitrogens is 1. The van der Waals surface area contributed by atoms with E-state index in [0.717, 1.165) is 78.8 Å². The zero-order chi connectivity index (χ0) is 28.5. The highest BCUT2D eigenvalue weighted by molar-refractivity contribution is 6.00. The molecule has 4 nitrogen and oxygen atoms in total. The molecule has 1 aliphatic heterocycles. The molecule has 1 saturated heterocycles. The number of pyridine rings is 1. The maximum absolute atomic E-state index is 13.3. The molecule has 1 aromatic carbocycles. The predicted molar refractivity (Wildman–Crippen MR) is 168 cm³/mol.